The fraction of sp³-hybridized carbons (Fsp3) is 0.429. The van der Waals surface area contributed by atoms with E-state index >= 15 is 0 Å². The lowest BCUT2D eigenvalue weighted by atomic mass is 9.95. The number of para-hydroxylation sites is 1. The number of fused-ring (bicyclic) bond motifs is 2. The first-order valence-corrected chi connectivity index (χ1v) is 13.5. The van der Waals surface area contributed by atoms with Gasteiger partial charge in [0, 0.05) is 16.0 Å². The van der Waals surface area contributed by atoms with Crippen LogP contribution in [0, 0.1) is 0 Å². The van der Waals surface area contributed by atoms with Gasteiger partial charge in [0.2, 0.25) is 0 Å². The molecule has 8 heteroatoms. The van der Waals surface area contributed by atoms with E-state index in [1.165, 1.54) is 11.3 Å². The smallest absolute Gasteiger partial charge is 0.341 e. The Hall–Kier alpha value is -3.26. The normalized spacial score (nSPS) is 12.8. The molecular formula is C28H32N2O5S. The molecule has 0 saturated heterocycles. The number of amides is 1. The van der Waals surface area contributed by atoms with Crippen molar-refractivity contribution in [1.29, 1.82) is 0 Å². The van der Waals surface area contributed by atoms with E-state index < -0.39 is 24.5 Å². The number of pyridine rings is 1. The van der Waals surface area contributed by atoms with Crippen LogP contribution in [-0.2, 0) is 40.0 Å². The molecule has 36 heavy (non-hydrogen) atoms. The number of thiophene rings is 1. The highest BCUT2D eigenvalue weighted by molar-refractivity contribution is 7.17. The summed E-state index contributed by atoms with van der Waals surface area (Å²) in [6.45, 7) is 5.63. The van der Waals surface area contributed by atoms with Crippen molar-refractivity contribution in [2.24, 2.45) is 0 Å². The first-order chi connectivity index (χ1) is 17.5. The van der Waals surface area contributed by atoms with E-state index in [0.29, 0.717) is 22.5 Å². The number of hydrogen-bond donors (Lipinski definition) is 1. The van der Waals surface area contributed by atoms with Crippen LogP contribution in [0.15, 0.2) is 24.3 Å². The maximum absolute atomic E-state index is 13.3. The zero-order valence-corrected chi connectivity index (χ0v) is 21.9. The van der Waals surface area contributed by atoms with Crippen LogP contribution < -0.4 is 5.32 Å². The van der Waals surface area contributed by atoms with Gasteiger partial charge in [-0.05, 0) is 62.6 Å². The van der Waals surface area contributed by atoms with E-state index in [1.807, 2.05) is 31.2 Å². The molecule has 0 atom stereocenters. The summed E-state index contributed by atoms with van der Waals surface area (Å²) >= 11 is 1.41. The molecular weight excluding hydrogens is 476 g/mol. The van der Waals surface area contributed by atoms with Gasteiger partial charge in [-0.1, -0.05) is 38.5 Å². The molecule has 0 bridgehead atoms. The molecule has 7 nitrogen and oxygen atoms in total. The van der Waals surface area contributed by atoms with Gasteiger partial charge < -0.3 is 14.8 Å². The Morgan fingerprint density at radius 3 is 2.50 bits per heavy atom. The lowest BCUT2D eigenvalue weighted by molar-refractivity contribution is -0.119. The van der Waals surface area contributed by atoms with E-state index in [0.717, 1.165) is 71.1 Å². The number of carbonyl (C=O) groups excluding carboxylic acids is 3. The Bertz CT molecular complexity index is 1300. The van der Waals surface area contributed by atoms with Crippen LogP contribution in [0.3, 0.4) is 0 Å². The number of hydrogen-bond acceptors (Lipinski definition) is 7. The van der Waals surface area contributed by atoms with Crippen LogP contribution in [0.5, 0.6) is 0 Å². The zero-order chi connectivity index (χ0) is 25.7. The second kappa shape index (κ2) is 11.6. The molecule has 1 aliphatic carbocycles. The van der Waals surface area contributed by atoms with E-state index in [9.17, 15) is 14.4 Å². The van der Waals surface area contributed by atoms with Crippen molar-refractivity contribution in [3.8, 4) is 0 Å². The third kappa shape index (κ3) is 5.28. The molecule has 0 aliphatic heterocycles. The standard InChI is InChI=1S/C28H32N2O5S/c1-4-11-20-17(5-2)24(18-12-7-9-14-21(18)29-20)27(32)35-16-23(31)30-26-25(28(33)34-6-3)19-13-8-10-15-22(19)36-26/h7,9,12,14H,4-6,8,10-11,13,15-16H2,1-3H3,(H,30,31). The molecule has 1 aliphatic rings. The monoisotopic (exact) mass is 508 g/mol. The second-order valence-electron chi connectivity index (χ2n) is 8.79. The summed E-state index contributed by atoms with van der Waals surface area (Å²) in [7, 11) is 0. The Morgan fingerprint density at radius 1 is 1.00 bits per heavy atom. The Morgan fingerprint density at radius 2 is 1.75 bits per heavy atom. The first kappa shape index (κ1) is 25.8. The average molecular weight is 509 g/mol. The highest BCUT2D eigenvalue weighted by atomic mass is 32.1. The van der Waals surface area contributed by atoms with Crippen molar-refractivity contribution >= 4 is 45.1 Å². The molecule has 3 aromatic rings. The minimum absolute atomic E-state index is 0.258. The molecule has 4 rings (SSSR count). The number of ether oxygens (including phenoxy) is 2. The number of anilines is 1. The third-order valence-corrected chi connectivity index (χ3v) is 7.57. The van der Waals surface area contributed by atoms with Crippen LogP contribution in [0.25, 0.3) is 10.9 Å². The summed E-state index contributed by atoms with van der Waals surface area (Å²) in [5.41, 5.74) is 4.36. The molecule has 0 radical (unpaired) electrons. The van der Waals surface area contributed by atoms with E-state index in [2.05, 4.69) is 12.2 Å². The number of benzene rings is 1. The summed E-state index contributed by atoms with van der Waals surface area (Å²) in [6.07, 6.45) is 6.03. The summed E-state index contributed by atoms with van der Waals surface area (Å²) in [4.78, 5) is 44.6. The number of esters is 2. The van der Waals surface area contributed by atoms with E-state index in [1.54, 1.807) is 6.92 Å². The molecule has 190 valence electrons. The quantitative estimate of drug-likeness (QED) is 0.375. The molecule has 0 unspecified atom stereocenters. The molecule has 2 aromatic heterocycles. The SMILES string of the molecule is CCCc1nc2ccccc2c(C(=O)OCC(=O)Nc2sc3c(c2C(=O)OCC)CCCC3)c1CC. The Balaban J connectivity index is 1.55. The van der Waals surface area contributed by atoms with Gasteiger partial charge in [0.25, 0.3) is 5.91 Å². The fourth-order valence-corrected chi connectivity index (χ4v) is 6.09. The number of aryl methyl sites for hydroxylation is 2. The summed E-state index contributed by atoms with van der Waals surface area (Å²) in [5, 5.41) is 3.99. The molecule has 0 saturated carbocycles. The summed E-state index contributed by atoms with van der Waals surface area (Å²) in [5.74, 6) is -1.46. The molecule has 1 N–H and O–H groups in total. The van der Waals surface area contributed by atoms with Gasteiger partial charge in [0.15, 0.2) is 6.61 Å². The second-order valence-corrected chi connectivity index (χ2v) is 9.90. The highest BCUT2D eigenvalue weighted by Crippen LogP contribution is 2.38. The van der Waals surface area contributed by atoms with Crippen LogP contribution in [0.4, 0.5) is 5.00 Å². The minimum Gasteiger partial charge on any atom is -0.462 e. The van der Waals surface area contributed by atoms with Crippen molar-refractivity contribution in [3.05, 3.63) is 57.1 Å². The third-order valence-electron chi connectivity index (χ3n) is 6.36. The van der Waals surface area contributed by atoms with Crippen LogP contribution in [-0.4, -0.2) is 36.0 Å². The van der Waals surface area contributed by atoms with Crippen LogP contribution in [0.2, 0.25) is 0 Å². The van der Waals surface area contributed by atoms with Crippen molar-refractivity contribution in [1.82, 2.24) is 4.98 Å². The highest BCUT2D eigenvalue weighted by Gasteiger charge is 2.28. The van der Waals surface area contributed by atoms with Crippen LogP contribution in [0.1, 0.15) is 82.4 Å². The zero-order valence-electron chi connectivity index (χ0n) is 21.1. The van der Waals surface area contributed by atoms with Gasteiger partial charge >= 0.3 is 11.9 Å². The predicted octanol–water partition coefficient (Wildman–Crippen LogP) is 5.66. The topological polar surface area (TPSA) is 94.6 Å². The molecule has 0 fully saturated rings. The van der Waals surface area contributed by atoms with Gasteiger partial charge in [-0.2, -0.15) is 0 Å². The predicted molar refractivity (Wildman–Crippen MR) is 141 cm³/mol. The summed E-state index contributed by atoms with van der Waals surface area (Å²) < 4.78 is 10.8. The summed E-state index contributed by atoms with van der Waals surface area (Å²) in [6, 6.07) is 7.49. The van der Waals surface area contributed by atoms with Crippen molar-refractivity contribution < 1.29 is 23.9 Å². The molecule has 2 heterocycles. The fourth-order valence-electron chi connectivity index (χ4n) is 4.80. The van der Waals surface area contributed by atoms with E-state index in [-0.39, 0.29) is 6.61 Å². The maximum atomic E-state index is 13.3. The molecule has 0 spiro atoms. The number of rotatable bonds is 9. The van der Waals surface area contributed by atoms with Gasteiger partial charge in [-0.25, -0.2) is 9.59 Å². The maximum Gasteiger partial charge on any atom is 0.341 e. The van der Waals surface area contributed by atoms with Crippen molar-refractivity contribution in [2.75, 3.05) is 18.5 Å². The van der Waals surface area contributed by atoms with Crippen LogP contribution >= 0.6 is 11.3 Å². The minimum atomic E-state index is -0.547. The van der Waals surface area contributed by atoms with Gasteiger partial charge in [0.05, 0.1) is 23.3 Å². The number of carbonyl (C=O) groups is 3. The first-order valence-electron chi connectivity index (χ1n) is 12.7. The van der Waals surface area contributed by atoms with Crippen molar-refractivity contribution in [3.63, 3.8) is 0 Å². The Labute approximate surface area is 215 Å². The molecule has 1 aromatic carbocycles. The largest absolute Gasteiger partial charge is 0.462 e. The lowest BCUT2D eigenvalue weighted by Crippen LogP contribution is -2.23. The molecule has 1 amide bonds. The van der Waals surface area contributed by atoms with E-state index in [4.69, 9.17) is 14.5 Å². The van der Waals surface area contributed by atoms with Gasteiger partial charge in [-0.3, -0.25) is 9.78 Å². The number of nitrogens with one attached hydrogen (secondary N) is 1. The average Bonchev–Trinajstić information content (AvgIpc) is 3.24. The number of aromatic nitrogens is 1. The number of nitrogens with zero attached hydrogens (tertiary/aromatic N) is 1. The van der Waals surface area contributed by atoms with Crippen molar-refractivity contribution in [2.45, 2.75) is 65.7 Å². The lowest BCUT2D eigenvalue weighted by Gasteiger charge is -2.15. The van der Waals surface area contributed by atoms with Gasteiger partial charge in [-0.15, -0.1) is 11.3 Å². The Kier molecular flexibility index (Phi) is 8.36. The van der Waals surface area contributed by atoms with Gasteiger partial charge in [0.1, 0.15) is 5.00 Å².